The monoisotopic (exact) mass is 408 g/mol. The van der Waals surface area contributed by atoms with E-state index < -0.39 is 0 Å². The number of carbonyl (C=O) groups is 1. The Bertz CT molecular complexity index is 1180. The Morgan fingerprint density at radius 2 is 1.97 bits per heavy atom. The van der Waals surface area contributed by atoms with E-state index in [1.54, 1.807) is 10.7 Å². The summed E-state index contributed by atoms with van der Waals surface area (Å²) in [6, 6.07) is 11.3. The summed E-state index contributed by atoms with van der Waals surface area (Å²) in [5.74, 6) is 0.485. The van der Waals surface area contributed by atoms with Crippen LogP contribution in [0.5, 0.6) is 5.75 Å². The lowest BCUT2D eigenvalue weighted by molar-refractivity contribution is 0.102. The molecule has 0 saturated carbocycles. The third kappa shape index (κ3) is 3.81. The smallest absolute Gasteiger partial charge is 0.258 e. The number of amides is 1. The number of aromatic nitrogens is 5. The molecule has 29 heavy (non-hydrogen) atoms. The third-order valence-electron chi connectivity index (χ3n) is 4.41. The van der Waals surface area contributed by atoms with Crippen LogP contribution in [0.2, 0.25) is 0 Å². The van der Waals surface area contributed by atoms with Crippen molar-refractivity contribution in [3.8, 4) is 5.75 Å². The highest BCUT2D eigenvalue weighted by atomic mass is 32.1. The molecule has 0 aliphatic carbocycles. The number of aryl methyl sites for hydroxylation is 3. The summed E-state index contributed by atoms with van der Waals surface area (Å²) in [6.07, 6.45) is -0.281. The van der Waals surface area contributed by atoms with Gasteiger partial charge in [0.25, 0.3) is 5.91 Å². The minimum Gasteiger partial charge on any atom is -0.483 e. The van der Waals surface area contributed by atoms with Crippen molar-refractivity contribution in [3.63, 3.8) is 0 Å². The predicted molar refractivity (Wildman–Crippen MR) is 111 cm³/mol. The van der Waals surface area contributed by atoms with Crippen LogP contribution < -0.4 is 10.1 Å². The van der Waals surface area contributed by atoms with Crippen molar-refractivity contribution < 1.29 is 9.53 Å². The van der Waals surface area contributed by atoms with Gasteiger partial charge in [-0.2, -0.15) is 5.10 Å². The number of hydrogen-bond donors (Lipinski definition) is 1. The molecule has 1 aromatic carbocycles. The van der Waals surface area contributed by atoms with Crippen molar-refractivity contribution in [1.82, 2.24) is 25.0 Å². The van der Waals surface area contributed by atoms with Crippen LogP contribution in [-0.2, 0) is 7.05 Å². The first-order chi connectivity index (χ1) is 13.9. The number of nitrogens with one attached hydrogen (secondary N) is 1. The van der Waals surface area contributed by atoms with Crippen molar-refractivity contribution in [1.29, 1.82) is 0 Å². The summed E-state index contributed by atoms with van der Waals surface area (Å²) >= 11 is 1.29. The Morgan fingerprint density at radius 3 is 2.72 bits per heavy atom. The van der Waals surface area contributed by atoms with Crippen LogP contribution in [0.4, 0.5) is 5.13 Å². The lowest BCUT2D eigenvalue weighted by atomic mass is 10.1. The molecule has 0 fully saturated rings. The number of benzene rings is 1. The van der Waals surface area contributed by atoms with Gasteiger partial charge in [-0.15, -0.1) is 10.2 Å². The molecular weight excluding hydrogens is 388 g/mol. The summed E-state index contributed by atoms with van der Waals surface area (Å²) in [6.45, 7) is 5.61. The van der Waals surface area contributed by atoms with Crippen LogP contribution >= 0.6 is 11.3 Å². The van der Waals surface area contributed by atoms with E-state index in [0.29, 0.717) is 21.3 Å². The molecule has 1 amide bonds. The van der Waals surface area contributed by atoms with Crippen molar-refractivity contribution in [2.75, 3.05) is 5.32 Å². The average Bonchev–Trinajstić information content (AvgIpc) is 3.27. The van der Waals surface area contributed by atoms with Gasteiger partial charge in [0.1, 0.15) is 11.9 Å². The fourth-order valence-electron chi connectivity index (χ4n) is 3.12. The average molecular weight is 408 g/mol. The molecule has 0 bridgehead atoms. The molecule has 1 atom stereocenters. The summed E-state index contributed by atoms with van der Waals surface area (Å²) in [4.78, 5) is 17.4. The first-order valence-corrected chi connectivity index (χ1v) is 9.91. The fraction of sp³-hybridized carbons (Fsp3) is 0.250. The van der Waals surface area contributed by atoms with Gasteiger partial charge in [-0.3, -0.25) is 14.8 Å². The standard InChI is InChI=1S/C20H20N6O2S/c1-11-10-15(16-12(2)25-26(4)17(16)21-11)18(27)22-20-24-23-19(29-20)13(3)28-14-8-6-5-7-9-14/h5-10,13H,1-4H3,(H,22,24,27)/t13-/m1/s1. The zero-order valence-electron chi connectivity index (χ0n) is 16.5. The number of para-hydroxylation sites is 1. The molecule has 4 aromatic rings. The quantitative estimate of drug-likeness (QED) is 0.539. The lowest BCUT2D eigenvalue weighted by Gasteiger charge is -2.11. The first kappa shape index (κ1) is 19.0. The normalized spacial score (nSPS) is 12.1. The number of hydrogen-bond acceptors (Lipinski definition) is 7. The number of anilines is 1. The number of nitrogens with zero attached hydrogens (tertiary/aromatic N) is 5. The van der Waals surface area contributed by atoms with Crippen LogP contribution in [0.25, 0.3) is 11.0 Å². The lowest BCUT2D eigenvalue weighted by Crippen LogP contribution is -2.13. The highest BCUT2D eigenvalue weighted by Crippen LogP contribution is 2.27. The topological polar surface area (TPSA) is 94.8 Å². The van der Waals surface area contributed by atoms with Crippen molar-refractivity contribution in [2.24, 2.45) is 7.05 Å². The minimum atomic E-state index is -0.281. The summed E-state index contributed by atoms with van der Waals surface area (Å²) in [7, 11) is 1.81. The van der Waals surface area contributed by atoms with E-state index in [-0.39, 0.29) is 12.0 Å². The number of fused-ring (bicyclic) bond motifs is 1. The van der Waals surface area contributed by atoms with Gasteiger partial charge in [-0.05, 0) is 39.0 Å². The Balaban J connectivity index is 1.55. The summed E-state index contributed by atoms with van der Waals surface area (Å²) in [5, 5.41) is 17.3. The Morgan fingerprint density at radius 1 is 1.21 bits per heavy atom. The largest absolute Gasteiger partial charge is 0.483 e. The Hall–Kier alpha value is -3.33. The second-order valence-corrected chi connectivity index (χ2v) is 7.70. The van der Waals surface area contributed by atoms with Gasteiger partial charge in [-0.25, -0.2) is 4.98 Å². The first-order valence-electron chi connectivity index (χ1n) is 9.10. The third-order valence-corrected chi connectivity index (χ3v) is 5.41. The zero-order chi connectivity index (χ0) is 20.5. The Labute approximate surface area is 171 Å². The Kier molecular flexibility index (Phi) is 4.98. The van der Waals surface area contributed by atoms with Gasteiger partial charge in [0.15, 0.2) is 10.7 Å². The molecule has 8 nitrogen and oxygen atoms in total. The van der Waals surface area contributed by atoms with Crippen LogP contribution in [0, 0.1) is 13.8 Å². The van der Waals surface area contributed by atoms with E-state index in [1.807, 2.05) is 58.2 Å². The van der Waals surface area contributed by atoms with Crippen molar-refractivity contribution in [3.05, 3.63) is 58.4 Å². The van der Waals surface area contributed by atoms with Gasteiger partial charge in [0.05, 0.1) is 16.6 Å². The molecule has 4 rings (SSSR count). The second kappa shape index (κ2) is 7.59. The summed E-state index contributed by atoms with van der Waals surface area (Å²) < 4.78 is 7.55. The van der Waals surface area contributed by atoms with Gasteiger partial charge >= 0.3 is 0 Å². The molecule has 0 aliphatic heterocycles. The van der Waals surface area contributed by atoms with Gasteiger partial charge < -0.3 is 4.74 Å². The maximum atomic E-state index is 12.9. The maximum Gasteiger partial charge on any atom is 0.258 e. The van der Waals surface area contributed by atoms with Crippen LogP contribution in [0.1, 0.15) is 39.8 Å². The van der Waals surface area contributed by atoms with Crippen molar-refractivity contribution >= 4 is 33.4 Å². The van der Waals surface area contributed by atoms with Gasteiger partial charge in [0, 0.05) is 12.7 Å². The molecule has 3 aromatic heterocycles. The van der Waals surface area contributed by atoms with Gasteiger partial charge in [-0.1, -0.05) is 29.5 Å². The van der Waals surface area contributed by atoms with Gasteiger partial charge in [0.2, 0.25) is 5.13 Å². The molecule has 148 valence electrons. The zero-order valence-corrected chi connectivity index (χ0v) is 17.3. The van der Waals surface area contributed by atoms with E-state index in [4.69, 9.17) is 4.74 Å². The number of carbonyl (C=O) groups excluding carboxylic acids is 1. The second-order valence-electron chi connectivity index (χ2n) is 6.69. The molecule has 9 heteroatoms. The van der Waals surface area contributed by atoms with E-state index in [1.165, 1.54) is 11.3 Å². The highest BCUT2D eigenvalue weighted by Gasteiger charge is 2.20. The van der Waals surface area contributed by atoms with Crippen LogP contribution in [0.3, 0.4) is 0 Å². The number of rotatable bonds is 5. The van der Waals surface area contributed by atoms with E-state index in [2.05, 4.69) is 25.6 Å². The van der Waals surface area contributed by atoms with E-state index in [9.17, 15) is 4.79 Å². The number of pyridine rings is 1. The fourth-order valence-corrected chi connectivity index (χ4v) is 3.84. The summed E-state index contributed by atoms with van der Waals surface area (Å²) in [5.41, 5.74) is 2.69. The van der Waals surface area contributed by atoms with Crippen LogP contribution in [-0.4, -0.2) is 30.9 Å². The molecule has 0 aliphatic rings. The molecule has 0 unspecified atom stereocenters. The van der Waals surface area contributed by atoms with Crippen molar-refractivity contribution in [2.45, 2.75) is 26.9 Å². The van der Waals surface area contributed by atoms with Crippen LogP contribution in [0.15, 0.2) is 36.4 Å². The molecule has 0 radical (unpaired) electrons. The molecule has 1 N–H and O–H groups in total. The van der Waals surface area contributed by atoms with E-state index >= 15 is 0 Å². The minimum absolute atomic E-state index is 0.268. The SMILES string of the molecule is Cc1cc(C(=O)Nc2nnc([C@@H](C)Oc3ccccc3)s2)c2c(C)nn(C)c2n1. The van der Waals surface area contributed by atoms with E-state index in [0.717, 1.165) is 22.5 Å². The molecule has 3 heterocycles. The molecular formula is C20H20N6O2S. The molecule has 0 saturated heterocycles. The highest BCUT2D eigenvalue weighted by molar-refractivity contribution is 7.15. The maximum absolute atomic E-state index is 12.9. The predicted octanol–water partition coefficient (Wildman–Crippen LogP) is 3.83. The number of ether oxygens (including phenoxy) is 1. The molecule has 0 spiro atoms.